The van der Waals surface area contributed by atoms with E-state index >= 15 is 0 Å². The number of hydrogen-bond acceptors (Lipinski definition) is 6. The number of halogens is 2. The zero-order valence-electron chi connectivity index (χ0n) is 17.0. The number of nitrogens with one attached hydrogen (secondary N) is 1. The number of alkyl halides is 2. The molecule has 0 radical (unpaired) electrons. The van der Waals surface area contributed by atoms with Gasteiger partial charge in [0.15, 0.2) is 5.03 Å². The molecule has 168 valence electrons. The van der Waals surface area contributed by atoms with Crippen LogP contribution in [0.25, 0.3) is 22.3 Å². The summed E-state index contributed by atoms with van der Waals surface area (Å²) >= 11 is 0. The lowest BCUT2D eigenvalue weighted by Gasteiger charge is -2.22. The van der Waals surface area contributed by atoms with E-state index in [1.165, 1.54) is 23.2 Å². The Labute approximate surface area is 183 Å². The Balaban J connectivity index is 1.74. The molecule has 1 aliphatic heterocycles. The normalized spacial score (nSPS) is 17.1. The van der Waals surface area contributed by atoms with Gasteiger partial charge in [0.1, 0.15) is 5.69 Å². The van der Waals surface area contributed by atoms with Gasteiger partial charge in [-0.3, -0.25) is 10.2 Å². The van der Waals surface area contributed by atoms with Gasteiger partial charge in [0.05, 0.1) is 16.8 Å². The van der Waals surface area contributed by atoms with Crippen LogP contribution >= 0.6 is 0 Å². The zero-order chi connectivity index (χ0) is 22.9. The number of sulfonamides is 1. The molecule has 4 rings (SSSR count). The number of hydrazine groups is 1. The van der Waals surface area contributed by atoms with Crippen LogP contribution in [0, 0.1) is 0 Å². The van der Waals surface area contributed by atoms with E-state index in [1.54, 1.807) is 30.3 Å². The van der Waals surface area contributed by atoms with Crippen molar-refractivity contribution in [1.82, 2.24) is 20.4 Å². The summed E-state index contributed by atoms with van der Waals surface area (Å²) in [5, 5.41) is 6.99. The van der Waals surface area contributed by atoms with Gasteiger partial charge in [-0.2, -0.15) is 0 Å². The Morgan fingerprint density at radius 1 is 1.06 bits per heavy atom. The molecule has 0 bridgehead atoms. The highest BCUT2D eigenvalue weighted by atomic mass is 32.2. The predicted octanol–water partition coefficient (Wildman–Crippen LogP) is 2.71. The molecule has 8 nitrogen and oxygen atoms in total. The van der Waals surface area contributed by atoms with Crippen molar-refractivity contribution in [2.24, 2.45) is 5.14 Å². The molecule has 11 heteroatoms. The van der Waals surface area contributed by atoms with Crippen LogP contribution in [-0.4, -0.2) is 48.3 Å². The van der Waals surface area contributed by atoms with E-state index in [1.807, 2.05) is 0 Å². The molecule has 32 heavy (non-hydrogen) atoms. The first-order valence-electron chi connectivity index (χ1n) is 9.96. The summed E-state index contributed by atoms with van der Waals surface area (Å²) in [7, 11) is -4.07. The molecule has 3 N–H and O–H groups in total. The molecule has 1 amide bonds. The Kier molecular flexibility index (Phi) is 5.89. The molecule has 0 saturated carbocycles. The number of nitrogens with two attached hydrogens (primary N) is 1. The molecule has 1 aliphatic rings. The molecule has 0 atom stereocenters. The minimum Gasteiger partial charge on any atom is -0.285 e. The van der Waals surface area contributed by atoms with Crippen molar-refractivity contribution in [1.29, 1.82) is 0 Å². The monoisotopic (exact) mass is 461 g/mol. The fraction of sp³-hybridized carbons (Fsp3) is 0.286. The molecule has 1 aromatic carbocycles. The van der Waals surface area contributed by atoms with E-state index in [-0.39, 0.29) is 54.3 Å². The molecule has 3 heterocycles. The van der Waals surface area contributed by atoms with Crippen molar-refractivity contribution in [2.75, 3.05) is 13.1 Å². The molecule has 0 aliphatic carbocycles. The smallest absolute Gasteiger partial charge is 0.267 e. The van der Waals surface area contributed by atoms with Crippen molar-refractivity contribution in [3.8, 4) is 11.4 Å². The SMILES string of the molecule is NS(=O)(=O)c1cccc(-c2nc3ccccc3cc2C(=O)NN2CCCC(F)(F)CC2)n1. The standard InChI is InChI=1S/C21H21F2N5O3S/c22-21(23)9-4-11-28(12-10-21)27-20(29)15-13-14-5-1-2-6-16(14)26-19(15)17-7-3-8-18(25-17)32(24,30)31/h1-3,5-8,13H,4,9-12H2,(H,27,29)(H2,24,30,31). The average Bonchev–Trinajstić information content (AvgIpc) is 2.92. The second-order valence-corrected chi connectivity index (χ2v) is 9.13. The number of hydrogen-bond donors (Lipinski definition) is 2. The third kappa shape index (κ3) is 4.90. The molecular weight excluding hydrogens is 440 g/mol. The lowest BCUT2D eigenvalue weighted by atomic mass is 10.1. The third-order valence-electron chi connectivity index (χ3n) is 5.20. The maximum Gasteiger partial charge on any atom is 0.267 e. The summed E-state index contributed by atoms with van der Waals surface area (Å²) in [6.45, 7) is 0.297. The zero-order valence-corrected chi connectivity index (χ0v) is 17.8. The van der Waals surface area contributed by atoms with Crippen LogP contribution < -0.4 is 10.6 Å². The molecule has 2 aromatic heterocycles. The van der Waals surface area contributed by atoms with Crippen LogP contribution in [0.4, 0.5) is 8.78 Å². The summed E-state index contributed by atoms with van der Waals surface area (Å²) in [5.74, 6) is -3.31. The highest BCUT2D eigenvalue weighted by Crippen LogP contribution is 2.28. The van der Waals surface area contributed by atoms with Crippen molar-refractivity contribution in [3.63, 3.8) is 0 Å². The first-order chi connectivity index (χ1) is 15.1. The highest BCUT2D eigenvalue weighted by Gasteiger charge is 2.32. The Morgan fingerprint density at radius 2 is 1.84 bits per heavy atom. The average molecular weight is 461 g/mol. The maximum absolute atomic E-state index is 13.7. The number of fused-ring (bicyclic) bond motifs is 1. The number of carbonyl (C=O) groups excluding carboxylic acids is 1. The van der Waals surface area contributed by atoms with Gasteiger partial charge in [-0.15, -0.1) is 0 Å². The minimum absolute atomic E-state index is 0.00817. The van der Waals surface area contributed by atoms with Crippen LogP contribution in [-0.2, 0) is 10.0 Å². The lowest BCUT2D eigenvalue weighted by Crippen LogP contribution is -2.43. The Bertz CT molecular complexity index is 1280. The number of nitrogens with zero attached hydrogens (tertiary/aromatic N) is 3. The van der Waals surface area contributed by atoms with Gasteiger partial charge in [-0.05, 0) is 30.7 Å². The molecule has 1 saturated heterocycles. The van der Waals surface area contributed by atoms with Crippen LogP contribution in [0.2, 0.25) is 0 Å². The quantitative estimate of drug-likeness (QED) is 0.617. The number of carbonyl (C=O) groups is 1. The van der Waals surface area contributed by atoms with Crippen LogP contribution in [0.1, 0.15) is 29.6 Å². The van der Waals surface area contributed by atoms with Crippen molar-refractivity contribution < 1.29 is 22.0 Å². The molecular formula is C21H21F2N5O3S. The van der Waals surface area contributed by atoms with E-state index in [0.717, 1.165) is 0 Å². The summed E-state index contributed by atoms with van der Waals surface area (Å²) in [5.41, 5.74) is 3.71. The number of primary sulfonamides is 1. The number of para-hydroxylation sites is 1. The second-order valence-electron chi connectivity index (χ2n) is 7.62. The molecule has 1 fully saturated rings. The number of aromatic nitrogens is 2. The topological polar surface area (TPSA) is 118 Å². The van der Waals surface area contributed by atoms with Gasteiger partial charge in [0, 0.05) is 31.3 Å². The van der Waals surface area contributed by atoms with Crippen LogP contribution in [0.3, 0.4) is 0 Å². The van der Waals surface area contributed by atoms with E-state index in [4.69, 9.17) is 5.14 Å². The van der Waals surface area contributed by atoms with E-state index in [9.17, 15) is 22.0 Å². The first-order valence-corrected chi connectivity index (χ1v) is 11.5. The Hall–Kier alpha value is -3.02. The predicted molar refractivity (Wildman–Crippen MR) is 114 cm³/mol. The van der Waals surface area contributed by atoms with Gasteiger partial charge in [-0.1, -0.05) is 24.3 Å². The van der Waals surface area contributed by atoms with Gasteiger partial charge >= 0.3 is 0 Å². The maximum atomic E-state index is 13.7. The first kappa shape index (κ1) is 22.2. The van der Waals surface area contributed by atoms with Crippen molar-refractivity contribution in [2.45, 2.75) is 30.2 Å². The number of rotatable bonds is 4. The van der Waals surface area contributed by atoms with E-state index < -0.39 is 21.9 Å². The fourth-order valence-electron chi connectivity index (χ4n) is 3.57. The van der Waals surface area contributed by atoms with Gasteiger partial charge in [0.25, 0.3) is 15.9 Å². The Morgan fingerprint density at radius 3 is 2.62 bits per heavy atom. The summed E-state index contributed by atoms with van der Waals surface area (Å²) in [6, 6.07) is 12.9. The molecule has 0 spiro atoms. The second kappa shape index (κ2) is 8.49. The van der Waals surface area contributed by atoms with Crippen LogP contribution in [0.15, 0.2) is 53.6 Å². The number of benzene rings is 1. The van der Waals surface area contributed by atoms with Crippen molar-refractivity contribution >= 4 is 26.8 Å². The van der Waals surface area contributed by atoms with E-state index in [2.05, 4.69) is 15.4 Å². The summed E-state index contributed by atoms with van der Waals surface area (Å²) in [4.78, 5) is 21.8. The van der Waals surface area contributed by atoms with Crippen LogP contribution in [0.5, 0.6) is 0 Å². The lowest BCUT2D eigenvalue weighted by molar-refractivity contribution is -0.0143. The van der Waals surface area contributed by atoms with Gasteiger partial charge in [0.2, 0.25) is 5.92 Å². The largest absolute Gasteiger partial charge is 0.285 e. The third-order valence-corrected chi connectivity index (χ3v) is 6.01. The molecule has 3 aromatic rings. The van der Waals surface area contributed by atoms with E-state index in [0.29, 0.717) is 10.9 Å². The number of amides is 1. The highest BCUT2D eigenvalue weighted by molar-refractivity contribution is 7.89. The summed E-state index contributed by atoms with van der Waals surface area (Å²) < 4.78 is 50.8. The van der Waals surface area contributed by atoms with Gasteiger partial charge in [-0.25, -0.2) is 37.3 Å². The minimum atomic E-state index is -4.07. The fourth-order valence-corrected chi connectivity index (χ4v) is 4.06. The summed E-state index contributed by atoms with van der Waals surface area (Å²) in [6.07, 6.45) is -0.339. The number of pyridine rings is 2. The van der Waals surface area contributed by atoms with Crippen molar-refractivity contribution in [3.05, 3.63) is 54.1 Å². The van der Waals surface area contributed by atoms with Gasteiger partial charge < -0.3 is 0 Å². The molecule has 0 unspecified atom stereocenters.